The van der Waals surface area contributed by atoms with Crippen LogP contribution in [-0.2, 0) is 14.3 Å². The topological polar surface area (TPSA) is 71.0 Å². The maximum Gasteiger partial charge on any atom is 0.338 e. The van der Waals surface area contributed by atoms with Crippen LogP contribution in [0.25, 0.3) is 5.70 Å². The van der Waals surface area contributed by atoms with Crippen molar-refractivity contribution in [1.82, 2.24) is 10.2 Å². The minimum absolute atomic E-state index is 0.0109. The monoisotopic (exact) mass is 487 g/mol. The Balaban J connectivity index is 1.58. The number of carbonyl (C=O) groups excluding carboxylic acids is 2. The van der Waals surface area contributed by atoms with Crippen LogP contribution in [0.5, 0.6) is 0 Å². The molecule has 5 rings (SSSR count). The van der Waals surface area contributed by atoms with E-state index in [-0.39, 0.29) is 18.9 Å². The van der Waals surface area contributed by atoms with Crippen LogP contribution in [0.15, 0.2) is 76.3 Å². The molecule has 0 aromatic heterocycles. The first-order valence-corrected chi connectivity index (χ1v) is 13.0. The number of benzene rings is 2. The summed E-state index contributed by atoms with van der Waals surface area (Å²) in [6, 6.07) is 17.5. The summed E-state index contributed by atoms with van der Waals surface area (Å²) in [6.07, 6.45) is 2.61. The number of amides is 1. The number of esters is 1. The first-order valence-electron chi connectivity index (χ1n) is 12.1. The van der Waals surface area contributed by atoms with Gasteiger partial charge in [0, 0.05) is 17.8 Å². The molecule has 0 saturated heterocycles. The molecule has 0 spiro atoms. The summed E-state index contributed by atoms with van der Waals surface area (Å²) in [5.74, 6) is 0.211. The average molecular weight is 488 g/mol. The van der Waals surface area contributed by atoms with Gasteiger partial charge in [-0.25, -0.2) is 9.79 Å². The van der Waals surface area contributed by atoms with Gasteiger partial charge >= 0.3 is 5.97 Å². The fourth-order valence-electron chi connectivity index (χ4n) is 4.36. The molecule has 7 heteroatoms. The molecule has 2 aromatic rings. The highest BCUT2D eigenvalue weighted by Crippen LogP contribution is 2.47. The number of aryl methyl sites for hydroxylation is 1. The van der Waals surface area contributed by atoms with Crippen molar-refractivity contribution < 1.29 is 14.3 Å². The fourth-order valence-corrected chi connectivity index (χ4v) is 5.28. The SMILES string of the molecule is CCOC(=O)C1=C(c2ccccc2)N=C2SC=C(CC(=O)NCC3CC3)N2C1c1ccc(C)cc1. The summed E-state index contributed by atoms with van der Waals surface area (Å²) in [4.78, 5) is 33.2. The summed E-state index contributed by atoms with van der Waals surface area (Å²) in [5, 5.41) is 5.80. The van der Waals surface area contributed by atoms with Crippen LogP contribution < -0.4 is 5.32 Å². The maximum atomic E-state index is 13.5. The van der Waals surface area contributed by atoms with E-state index in [9.17, 15) is 9.59 Å². The molecular weight excluding hydrogens is 458 g/mol. The molecule has 2 aliphatic heterocycles. The second kappa shape index (κ2) is 10.1. The predicted octanol–water partition coefficient (Wildman–Crippen LogP) is 5.19. The molecule has 1 aliphatic carbocycles. The molecule has 1 N–H and O–H groups in total. The van der Waals surface area contributed by atoms with E-state index in [0.29, 0.717) is 17.2 Å². The van der Waals surface area contributed by atoms with Crippen LogP contribution in [0.4, 0.5) is 0 Å². The highest BCUT2D eigenvalue weighted by molar-refractivity contribution is 8.16. The molecule has 35 heavy (non-hydrogen) atoms. The van der Waals surface area contributed by atoms with Gasteiger partial charge in [-0.2, -0.15) is 0 Å². The highest BCUT2D eigenvalue weighted by Gasteiger charge is 2.42. The number of hydrogen-bond acceptors (Lipinski definition) is 6. The summed E-state index contributed by atoms with van der Waals surface area (Å²) in [5.41, 5.74) is 4.87. The first-order chi connectivity index (χ1) is 17.0. The number of rotatable bonds is 8. The average Bonchev–Trinajstić information content (AvgIpc) is 3.62. The largest absolute Gasteiger partial charge is 0.463 e. The number of ether oxygens (including phenoxy) is 1. The van der Waals surface area contributed by atoms with Crippen molar-refractivity contribution in [2.45, 2.75) is 39.2 Å². The van der Waals surface area contributed by atoms with E-state index in [2.05, 4.69) is 5.32 Å². The number of hydrogen-bond donors (Lipinski definition) is 1. The predicted molar refractivity (Wildman–Crippen MR) is 139 cm³/mol. The molecule has 0 bridgehead atoms. The third kappa shape index (κ3) is 5.05. The minimum Gasteiger partial charge on any atom is -0.463 e. The lowest BCUT2D eigenvalue weighted by Gasteiger charge is -2.36. The molecule has 1 unspecified atom stereocenters. The highest BCUT2D eigenvalue weighted by atomic mass is 32.2. The third-order valence-electron chi connectivity index (χ3n) is 6.37. The van der Waals surface area contributed by atoms with E-state index in [1.165, 1.54) is 24.6 Å². The van der Waals surface area contributed by atoms with Gasteiger partial charge in [-0.05, 0) is 43.6 Å². The molecule has 1 atom stereocenters. The van der Waals surface area contributed by atoms with Crippen LogP contribution in [0.3, 0.4) is 0 Å². The smallest absolute Gasteiger partial charge is 0.338 e. The molecule has 2 heterocycles. The molecule has 0 radical (unpaired) electrons. The van der Waals surface area contributed by atoms with Crippen molar-refractivity contribution in [3.8, 4) is 0 Å². The van der Waals surface area contributed by atoms with Crippen LogP contribution in [0.2, 0.25) is 0 Å². The van der Waals surface area contributed by atoms with Gasteiger partial charge in [-0.3, -0.25) is 4.79 Å². The Morgan fingerprint density at radius 2 is 1.86 bits per heavy atom. The zero-order chi connectivity index (χ0) is 24.4. The Bertz CT molecular complexity index is 1210. The Labute approximate surface area is 210 Å². The Morgan fingerprint density at radius 3 is 2.54 bits per heavy atom. The Morgan fingerprint density at radius 1 is 1.11 bits per heavy atom. The van der Waals surface area contributed by atoms with Crippen molar-refractivity contribution in [3.63, 3.8) is 0 Å². The normalized spacial score (nSPS) is 19.1. The summed E-state index contributed by atoms with van der Waals surface area (Å²) >= 11 is 1.49. The zero-order valence-electron chi connectivity index (χ0n) is 20.0. The molecule has 6 nitrogen and oxygen atoms in total. The van der Waals surface area contributed by atoms with Crippen molar-refractivity contribution >= 4 is 34.5 Å². The van der Waals surface area contributed by atoms with Gasteiger partial charge in [0.05, 0.1) is 30.3 Å². The zero-order valence-corrected chi connectivity index (χ0v) is 20.8. The number of aliphatic imine (C=N–C) groups is 1. The summed E-state index contributed by atoms with van der Waals surface area (Å²) < 4.78 is 5.55. The van der Waals surface area contributed by atoms with Crippen LogP contribution in [0.1, 0.15) is 48.9 Å². The summed E-state index contributed by atoms with van der Waals surface area (Å²) in [6.45, 7) is 4.84. The van der Waals surface area contributed by atoms with Crippen molar-refractivity contribution in [1.29, 1.82) is 0 Å². The van der Waals surface area contributed by atoms with Gasteiger partial charge in [0.2, 0.25) is 5.91 Å². The van der Waals surface area contributed by atoms with Crippen LogP contribution in [-0.4, -0.2) is 35.1 Å². The number of fused-ring (bicyclic) bond motifs is 1. The standard InChI is InChI=1S/C28H29N3O3S/c1-3-34-27(33)24-25(20-7-5-4-6-8-20)30-28-31(26(24)21-13-9-18(2)10-14-21)22(17-35-28)15-23(32)29-16-19-11-12-19/h4-10,13-14,17,19,26H,3,11-12,15-16H2,1-2H3,(H,29,32). The number of nitrogens with zero attached hydrogens (tertiary/aromatic N) is 2. The van der Waals surface area contributed by atoms with Crippen molar-refractivity contribution in [3.05, 3.63) is 88.0 Å². The van der Waals surface area contributed by atoms with Gasteiger partial charge in [0.1, 0.15) is 0 Å². The van der Waals surface area contributed by atoms with Crippen molar-refractivity contribution in [2.24, 2.45) is 10.9 Å². The maximum absolute atomic E-state index is 13.5. The lowest BCUT2D eigenvalue weighted by molar-refractivity contribution is -0.139. The van der Waals surface area contributed by atoms with Gasteiger partial charge in [0.15, 0.2) is 5.17 Å². The number of thioether (sulfide) groups is 1. The molecular formula is C28H29N3O3S. The van der Waals surface area contributed by atoms with Gasteiger partial charge in [-0.15, -0.1) is 0 Å². The molecule has 2 aromatic carbocycles. The molecule has 3 aliphatic rings. The van der Waals surface area contributed by atoms with E-state index in [0.717, 1.165) is 34.1 Å². The van der Waals surface area contributed by atoms with E-state index >= 15 is 0 Å². The second-order valence-corrected chi connectivity index (χ2v) is 9.91. The lowest BCUT2D eigenvalue weighted by Crippen LogP contribution is -2.38. The fraction of sp³-hybridized carbons (Fsp3) is 0.321. The third-order valence-corrected chi connectivity index (χ3v) is 7.26. The quantitative estimate of drug-likeness (QED) is 0.519. The van der Waals surface area contributed by atoms with Crippen LogP contribution >= 0.6 is 11.8 Å². The van der Waals surface area contributed by atoms with Crippen LogP contribution in [0, 0.1) is 12.8 Å². The second-order valence-electron chi connectivity index (χ2n) is 9.08. The molecule has 1 saturated carbocycles. The van der Waals surface area contributed by atoms with Gasteiger partial charge in [0.25, 0.3) is 0 Å². The van der Waals surface area contributed by atoms with E-state index < -0.39 is 12.0 Å². The summed E-state index contributed by atoms with van der Waals surface area (Å²) in [7, 11) is 0. The van der Waals surface area contributed by atoms with Gasteiger partial charge < -0.3 is 15.0 Å². The van der Waals surface area contributed by atoms with Crippen molar-refractivity contribution in [2.75, 3.05) is 13.2 Å². The lowest BCUT2D eigenvalue weighted by atomic mass is 9.91. The number of amidine groups is 1. The number of nitrogens with one attached hydrogen (secondary N) is 1. The van der Waals surface area contributed by atoms with Gasteiger partial charge in [-0.1, -0.05) is 71.9 Å². The molecule has 180 valence electrons. The first kappa shape index (κ1) is 23.4. The Hall–Kier alpha value is -3.32. The minimum atomic E-state index is -0.449. The number of carbonyl (C=O) groups is 2. The van der Waals surface area contributed by atoms with E-state index in [1.54, 1.807) is 6.92 Å². The molecule has 1 fully saturated rings. The Kier molecular flexibility index (Phi) is 6.77. The molecule has 1 amide bonds. The van der Waals surface area contributed by atoms with E-state index in [1.807, 2.05) is 71.8 Å². The van der Waals surface area contributed by atoms with E-state index in [4.69, 9.17) is 9.73 Å².